The molecular weight excluding hydrogens is 393 g/mol. The summed E-state index contributed by atoms with van der Waals surface area (Å²) in [5, 5.41) is 14.7. The van der Waals surface area contributed by atoms with Gasteiger partial charge in [0.2, 0.25) is 5.60 Å². The summed E-state index contributed by atoms with van der Waals surface area (Å²) in [7, 11) is 0. The van der Waals surface area contributed by atoms with Crippen molar-refractivity contribution in [2.75, 3.05) is 17.2 Å². The van der Waals surface area contributed by atoms with E-state index in [4.69, 9.17) is 4.74 Å². The van der Waals surface area contributed by atoms with E-state index in [2.05, 4.69) is 15.4 Å². The lowest BCUT2D eigenvalue weighted by molar-refractivity contribution is -0.242. The van der Waals surface area contributed by atoms with Crippen LogP contribution < -0.4 is 15.4 Å². The third-order valence-electron chi connectivity index (χ3n) is 5.10. The van der Waals surface area contributed by atoms with Crippen molar-refractivity contribution >= 4 is 23.4 Å². The highest BCUT2D eigenvalue weighted by atomic mass is 19.4. The summed E-state index contributed by atoms with van der Waals surface area (Å²) >= 11 is 0. The van der Waals surface area contributed by atoms with E-state index in [-0.39, 0.29) is 17.7 Å². The van der Waals surface area contributed by atoms with E-state index >= 15 is 0 Å². The van der Waals surface area contributed by atoms with E-state index < -0.39 is 29.8 Å². The fourth-order valence-corrected chi connectivity index (χ4v) is 3.13. The lowest BCUT2D eigenvalue weighted by atomic mass is 9.95. The topological polar surface area (TPSA) is 96.9 Å². The highest BCUT2D eigenvalue weighted by Crippen LogP contribution is 2.41. The zero-order valence-corrected chi connectivity index (χ0v) is 16.0. The Labute approximate surface area is 165 Å². The average molecular weight is 416 g/mol. The van der Waals surface area contributed by atoms with Crippen LogP contribution in [0.5, 0.6) is 5.75 Å². The standard InChI is InChI=1S/C19H23F3N2O5/c1-18(2,19(20,21)22)29-17(27)24-11-5-6-15-14(7-11)23-9-12(28-15)8-13(16(25)26)10-3-4-10/h5-7,10,12-13,23H,3-4,8-9H2,1-2H3,(H,24,27)(H,25,26)/t12-,13+/m0/s1. The van der Waals surface area contributed by atoms with Gasteiger partial charge in [-0.2, -0.15) is 13.2 Å². The number of fused-ring (bicyclic) bond motifs is 1. The minimum atomic E-state index is -4.70. The Bertz CT molecular complexity index is 793. The number of carbonyl (C=O) groups excluding carboxylic acids is 1. The molecule has 29 heavy (non-hydrogen) atoms. The van der Waals surface area contributed by atoms with Crippen molar-refractivity contribution in [3.05, 3.63) is 18.2 Å². The second-order valence-corrected chi connectivity index (χ2v) is 7.87. The molecule has 1 amide bonds. The van der Waals surface area contributed by atoms with Crippen LogP contribution in [0.25, 0.3) is 0 Å². The summed E-state index contributed by atoms with van der Waals surface area (Å²) in [5.41, 5.74) is -1.84. The van der Waals surface area contributed by atoms with Gasteiger partial charge in [-0.3, -0.25) is 10.1 Å². The average Bonchev–Trinajstić information content (AvgIpc) is 3.42. The molecule has 1 aromatic carbocycles. The Balaban J connectivity index is 1.60. The maximum absolute atomic E-state index is 12.8. The molecule has 1 aromatic rings. The molecule has 3 N–H and O–H groups in total. The van der Waals surface area contributed by atoms with Crippen molar-refractivity contribution in [3.63, 3.8) is 0 Å². The van der Waals surface area contributed by atoms with Crippen molar-refractivity contribution < 1.29 is 37.3 Å². The van der Waals surface area contributed by atoms with Crippen LogP contribution in [0.3, 0.4) is 0 Å². The number of hydrogen-bond acceptors (Lipinski definition) is 5. The number of rotatable bonds is 6. The van der Waals surface area contributed by atoms with Gasteiger partial charge >= 0.3 is 18.2 Å². The second kappa shape index (κ2) is 7.64. The van der Waals surface area contributed by atoms with E-state index in [1.165, 1.54) is 12.1 Å². The number of aliphatic carboxylic acids is 1. The van der Waals surface area contributed by atoms with Crippen molar-refractivity contribution in [2.45, 2.75) is 51.0 Å². The van der Waals surface area contributed by atoms with Crippen LogP contribution in [-0.2, 0) is 9.53 Å². The molecule has 7 nitrogen and oxygen atoms in total. The van der Waals surface area contributed by atoms with E-state index in [0.29, 0.717) is 24.4 Å². The van der Waals surface area contributed by atoms with Crippen LogP contribution in [0.15, 0.2) is 18.2 Å². The SMILES string of the molecule is CC(C)(OC(=O)Nc1ccc2c(c1)NC[C@H](C[C@@H](C(=O)O)C1CC1)O2)C(F)(F)F. The molecule has 0 unspecified atom stereocenters. The molecule has 1 fully saturated rings. The van der Waals surface area contributed by atoms with E-state index in [0.717, 1.165) is 26.7 Å². The Morgan fingerprint density at radius 2 is 2.03 bits per heavy atom. The van der Waals surface area contributed by atoms with Crippen LogP contribution in [0.4, 0.5) is 29.3 Å². The molecule has 1 heterocycles. The molecular formula is C19H23F3N2O5. The van der Waals surface area contributed by atoms with Gasteiger partial charge in [-0.15, -0.1) is 0 Å². The van der Waals surface area contributed by atoms with Gasteiger partial charge < -0.3 is 19.9 Å². The summed E-state index contributed by atoms with van der Waals surface area (Å²) in [6.45, 7) is 1.92. The molecule has 2 aliphatic rings. The first-order valence-corrected chi connectivity index (χ1v) is 9.30. The van der Waals surface area contributed by atoms with Gasteiger partial charge in [0.05, 0.1) is 18.2 Å². The predicted molar refractivity (Wildman–Crippen MR) is 98.1 cm³/mol. The number of amides is 1. The monoisotopic (exact) mass is 416 g/mol. The normalized spacial score (nSPS) is 20.0. The highest BCUT2D eigenvalue weighted by Gasteiger charge is 2.51. The summed E-state index contributed by atoms with van der Waals surface area (Å²) < 4.78 is 48.8. The zero-order chi connectivity index (χ0) is 21.4. The molecule has 1 saturated carbocycles. The summed E-state index contributed by atoms with van der Waals surface area (Å²) in [6.07, 6.45) is -3.99. The predicted octanol–water partition coefficient (Wildman–Crippen LogP) is 4.25. The molecule has 3 rings (SSSR count). The molecule has 1 aliphatic heterocycles. The van der Waals surface area contributed by atoms with Gasteiger partial charge in [0, 0.05) is 5.69 Å². The highest BCUT2D eigenvalue weighted by molar-refractivity contribution is 5.86. The minimum Gasteiger partial charge on any atom is -0.486 e. The Kier molecular flexibility index (Phi) is 5.55. The fourth-order valence-electron chi connectivity index (χ4n) is 3.13. The number of carbonyl (C=O) groups is 2. The third-order valence-corrected chi connectivity index (χ3v) is 5.10. The summed E-state index contributed by atoms with van der Waals surface area (Å²) in [4.78, 5) is 23.2. The number of hydrogen-bond donors (Lipinski definition) is 3. The first-order valence-electron chi connectivity index (χ1n) is 9.30. The lowest BCUT2D eigenvalue weighted by Gasteiger charge is -2.30. The van der Waals surface area contributed by atoms with Crippen LogP contribution >= 0.6 is 0 Å². The van der Waals surface area contributed by atoms with E-state index in [1.807, 2.05) is 0 Å². The van der Waals surface area contributed by atoms with Gasteiger partial charge in [0.1, 0.15) is 11.9 Å². The molecule has 0 radical (unpaired) electrons. The molecule has 160 valence electrons. The first kappa shape index (κ1) is 21.1. The number of nitrogens with one attached hydrogen (secondary N) is 2. The molecule has 1 aliphatic carbocycles. The number of ether oxygens (including phenoxy) is 2. The number of carboxylic acid groups (broad SMARTS) is 1. The third kappa shape index (κ3) is 5.04. The number of anilines is 2. The van der Waals surface area contributed by atoms with Crippen LogP contribution in [0.1, 0.15) is 33.1 Å². The molecule has 10 heteroatoms. The van der Waals surface area contributed by atoms with Gasteiger partial charge in [-0.05, 0) is 57.2 Å². The van der Waals surface area contributed by atoms with Crippen LogP contribution in [-0.4, -0.2) is 41.6 Å². The van der Waals surface area contributed by atoms with Crippen molar-refractivity contribution in [3.8, 4) is 5.75 Å². The van der Waals surface area contributed by atoms with Crippen molar-refractivity contribution in [2.24, 2.45) is 11.8 Å². The maximum atomic E-state index is 12.8. The smallest absolute Gasteiger partial charge is 0.427 e. The number of alkyl halides is 3. The fraction of sp³-hybridized carbons (Fsp3) is 0.579. The van der Waals surface area contributed by atoms with Gasteiger partial charge in [0.25, 0.3) is 0 Å². The van der Waals surface area contributed by atoms with E-state index in [1.54, 1.807) is 6.07 Å². The van der Waals surface area contributed by atoms with E-state index in [9.17, 15) is 27.9 Å². The Morgan fingerprint density at radius 3 is 2.62 bits per heavy atom. The van der Waals surface area contributed by atoms with Crippen LogP contribution in [0.2, 0.25) is 0 Å². The summed E-state index contributed by atoms with van der Waals surface area (Å²) in [5.74, 6) is -0.565. The maximum Gasteiger partial charge on any atom is 0.427 e. The summed E-state index contributed by atoms with van der Waals surface area (Å²) in [6, 6.07) is 4.55. The molecule has 0 aromatic heterocycles. The lowest BCUT2D eigenvalue weighted by Crippen LogP contribution is -2.44. The zero-order valence-electron chi connectivity index (χ0n) is 16.0. The van der Waals surface area contributed by atoms with Gasteiger partial charge in [-0.25, -0.2) is 4.79 Å². The van der Waals surface area contributed by atoms with Crippen molar-refractivity contribution in [1.29, 1.82) is 0 Å². The van der Waals surface area contributed by atoms with Crippen LogP contribution in [0, 0.1) is 11.8 Å². The Morgan fingerprint density at radius 1 is 1.34 bits per heavy atom. The number of carboxylic acids is 1. The first-order chi connectivity index (χ1) is 13.5. The number of halogens is 3. The Hall–Kier alpha value is -2.65. The van der Waals surface area contributed by atoms with Gasteiger partial charge in [-0.1, -0.05) is 0 Å². The molecule has 0 saturated heterocycles. The van der Waals surface area contributed by atoms with Crippen molar-refractivity contribution in [1.82, 2.24) is 0 Å². The molecule has 2 atom stereocenters. The quantitative estimate of drug-likeness (QED) is 0.642. The van der Waals surface area contributed by atoms with Gasteiger partial charge in [0.15, 0.2) is 0 Å². The molecule has 0 bridgehead atoms. The number of benzene rings is 1. The second-order valence-electron chi connectivity index (χ2n) is 7.87. The molecule has 0 spiro atoms. The largest absolute Gasteiger partial charge is 0.486 e. The minimum absolute atomic E-state index is 0.205.